The minimum Gasteiger partial charge on any atom is -0.496 e. The van der Waals surface area contributed by atoms with E-state index in [1.165, 1.54) is 18.0 Å². The Morgan fingerprint density at radius 2 is 1.88 bits per heavy atom. The molecule has 0 spiro atoms. The summed E-state index contributed by atoms with van der Waals surface area (Å²) in [6.07, 6.45) is 5.14. The molecule has 8 heteroatoms. The van der Waals surface area contributed by atoms with Gasteiger partial charge in [0.25, 0.3) is 5.91 Å². The Kier molecular flexibility index (Phi) is 8.01. The van der Waals surface area contributed by atoms with Crippen molar-refractivity contribution in [2.75, 3.05) is 12.9 Å². The highest BCUT2D eigenvalue weighted by Crippen LogP contribution is 2.27. The molecule has 4 rings (SSSR count). The summed E-state index contributed by atoms with van der Waals surface area (Å²) in [7, 11) is 1.63. The van der Waals surface area contributed by atoms with Crippen LogP contribution in [0.15, 0.2) is 89.1 Å². The topological polar surface area (TPSA) is 68.5 Å². The van der Waals surface area contributed by atoms with Crippen LogP contribution in [0.2, 0.25) is 5.02 Å². The van der Waals surface area contributed by atoms with E-state index in [0.717, 1.165) is 33.1 Å². The molecule has 0 radical (unpaired) electrons. The molecule has 0 saturated heterocycles. The van der Waals surface area contributed by atoms with Crippen molar-refractivity contribution in [1.82, 2.24) is 15.0 Å². The van der Waals surface area contributed by atoms with Gasteiger partial charge in [0.1, 0.15) is 5.75 Å². The number of amides is 1. The standard InChI is InChI=1S/C26H23ClN4O2S/c1-33-24-15-7-3-9-19(24)11-8-16-28-30-25(32)18-34-26-29-22-13-5-6-14-23(22)31(26)17-20-10-2-4-12-21(20)27/h2-16H,17-18H2,1H3,(H,30,32)/b11-8+,28-16-. The van der Waals surface area contributed by atoms with Gasteiger partial charge in [-0.3, -0.25) is 4.79 Å². The number of hydrogen-bond acceptors (Lipinski definition) is 5. The second-order valence-corrected chi connectivity index (χ2v) is 8.61. The molecule has 6 nitrogen and oxygen atoms in total. The molecule has 0 aliphatic rings. The van der Waals surface area contributed by atoms with Crippen molar-refractivity contribution >= 4 is 52.6 Å². The van der Waals surface area contributed by atoms with Gasteiger partial charge in [0.2, 0.25) is 0 Å². The Morgan fingerprint density at radius 1 is 1.12 bits per heavy atom. The third kappa shape index (κ3) is 5.87. The first-order valence-electron chi connectivity index (χ1n) is 10.6. The number of carbonyl (C=O) groups excluding carboxylic acids is 1. The number of imidazole rings is 1. The van der Waals surface area contributed by atoms with Crippen molar-refractivity contribution in [1.29, 1.82) is 0 Å². The molecule has 34 heavy (non-hydrogen) atoms. The Bertz CT molecular complexity index is 1350. The van der Waals surface area contributed by atoms with Gasteiger partial charge in [0.15, 0.2) is 5.16 Å². The van der Waals surface area contributed by atoms with E-state index in [9.17, 15) is 4.79 Å². The molecule has 1 amide bonds. The average molecular weight is 491 g/mol. The molecule has 0 atom stereocenters. The third-order valence-electron chi connectivity index (χ3n) is 5.00. The third-order valence-corrected chi connectivity index (χ3v) is 6.35. The van der Waals surface area contributed by atoms with E-state index in [-0.39, 0.29) is 11.7 Å². The molecule has 0 saturated carbocycles. The van der Waals surface area contributed by atoms with E-state index in [2.05, 4.69) is 15.1 Å². The van der Waals surface area contributed by atoms with Gasteiger partial charge in [-0.25, -0.2) is 10.4 Å². The monoisotopic (exact) mass is 490 g/mol. The fourth-order valence-electron chi connectivity index (χ4n) is 3.38. The first-order chi connectivity index (χ1) is 16.7. The average Bonchev–Trinajstić information content (AvgIpc) is 3.21. The van der Waals surface area contributed by atoms with E-state index >= 15 is 0 Å². The number of nitrogens with one attached hydrogen (secondary N) is 1. The van der Waals surface area contributed by atoms with E-state index in [1.807, 2.05) is 78.9 Å². The fraction of sp³-hybridized carbons (Fsp3) is 0.115. The van der Waals surface area contributed by atoms with Crippen molar-refractivity contribution in [2.45, 2.75) is 11.7 Å². The van der Waals surface area contributed by atoms with Gasteiger partial charge in [-0.05, 0) is 42.0 Å². The SMILES string of the molecule is COc1ccccc1/C=C/C=N\NC(=O)CSc1nc2ccccc2n1Cc1ccccc1Cl. The predicted octanol–water partition coefficient (Wildman–Crippen LogP) is 5.65. The number of nitrogens with zero attached hydrogens (tertiary/aromatic N) is 3. The maximum Gasteiger partial charge on any atom is 0.250 e. The Hall–Kier alpha value is -3.55. The number of benzene rings is 3. The summed E-state index contributed by atoms with van der Waals surface area (Å²) in [5, 5.41) is 5.43. The van der Waals surface area contributed by atoms with Crippen molar-refractivity contribution in [3.63, 3.8) is 0 Å². The van der Waals surface area contributed by atoms with E-state index in [1.54, 1.807) is 13.2 Å². The van der Waals surface area contributed by atoms with Crippen LogP contribution < -0.4 is 10.2 Å². The molecule has 3 aromatic carbocycles. The molecular weight excluding hydrogens is 468 g/mol. The molecule has 4 aromatic rings. The summed E-state index contributed by atoms with van der Waals surface area (Å²) in [6.45, 7) is 0.566. The number of allylic oxidation sites excluding steroid dienone is 1. The molecule has 0 unspecified atom stereocenters. The zero-order valence-electron chi connectivity index (χ0n) is 18.5. The van der Waals surface area contributed by atoms with Crippen molar-refractivity contribution in [3.8, 4) is 5.75 Å². The summed E-state index contributed by atoms with van der Waals surface area (Å²) in [5.74, 6) is 0.731. The highest BCUT2D eigenvalue weighted by atomic mass is 35.5. The molecule has 1 heterocycles. The largest absolute Gasteiger partial charge is 0.496 e. The van der Waals surface area contributed by atoms with E-state index in [4.69, 9.17) is 21.3 Å². The van der Waals surface area contributed by atoms with Gasteiger partial charge in [0, 0.05) is 16.8 Å². The minimum absolute atomic E-state index is 0.180. The molecule has 0 bridgehead atoms. The second kappa shape index (κ2) is 11.5. The number of rotatable bonds is 9. The molecule has 0 fully saturated rings. The van der Waals surface area contributed by atoms with Crippen LogP contribution in [0.5, 0.6) is 5.75 Å². The molecule has 0 aliphatic heterocycles. The van der Waals surface area contributed by atoms with Gasteiger partial charge in [-0.1, -0.05) is 71.9 Å². The zero-order chi connectivity index (χ0) is 23.8. The number of methoxy groups -OCH3 is 1. The highest BCUT2D eigenvalue weighted by molar-refractivity contribution is 7.99. The summed E-state index contributed by atoms with van der Waals surface area (Å²) in [4.78, 5) is 17.1. The lowest BCUT2D eigenvalue weighted by Gasteiger charge is -2.10. The number of ether oxygens (including phenoxy) is 1. The normalized spacial score (nSPS) is 11.5. The van der Waals surface area contributed by atoms with Gasteiger partial charge >= 0.3 is 0 Å². The fourth-order valence-corrected chi connectivity index (χ4v) is 4.38. The van der Waals surface area contributed by atoms with Crippen LogP contribution in [0.3, 0.4) is 0 Å². The summed E-state index contributed by atoms with van der Waals surface area (Å²) in [5.41, 5.74) is 6.33. The van der Waals surface area contributed by atoms with Gasteiger partial charge < -0.3 is 9.30 Å². The smallest absolute Gasteiger partial charge is 0.250 e. The summed E-state index contributed by atoms with van der Waals surface area (Å²) >= 11 is 7.74. The van der Waals surface area contributed by atoms with Crippen molar-refractivity contribution in [2.24, 2.45) is 5.10 Å². The van der Waals surface area contributed by atoms with E-state index in [0.29, 0.717) is 11.6 Å². The first-order valence-corrected chi connectivity index (χ1v) is 11.9. The lowest BCUT2D eigenvalue weighted by Crippen LogP contribution is -2.19. The van der Waals surface area contributed by atoms with Crippen LogP contribution in [0, 0.1) is 0 Å². The number of para-hydroxylation sites is 3. The number of thioether (sulfide) groups is 1. The summed E-state index contributed by atoms with van der Waals surface area (Å²) < 4.78 is 7.38. The number of hydrazone groups is 1. The van der Waals surface area contributed by atoms with Crippen LogP contribution in [0.1, 0.15) is 11.1 Å². The molecular formula is C26H23ClN4O2S. The molecule has 1 aromatic heterocycles. The lowest BCUT2D eigenvalue weighted by atomic mass is 10.2. The van der Waals surface area contributed by atoms with Crippen LogP contribution >= 0.6 is 23.4 Å². The van der Waals surface area contributed by atoms with Gasteiger partial charge in [0.05, 0.1) is 30.4 Å². The van der Waals surface area contributed by atoms with Crippen LogP contribution in [0.25, 0.3) is 17.1 Å². The maximum atomic E-state index is 12.3. The van der Waals surface area contributed by atoms with E-state index < -0.39 is 0 Å². The van der Waals surface area contributed by atoms with Gasteiger partial charge in [-0.15, -0.1) is 0 Å². The highest BCUT2D eigenvalue weighted by Gasteiger charge is 2.14. The second-order valence-electron chi connectivity index (χ2n) is 7.26. The maximum absolute atomic E-state index is 12.3. The Morgan fingerprint density at radius 3 is 2.74 bits per heavy atom. The number of carbonyl (C=O) groups is 1. The molecule has 0 aliphatic carbocycles. The number of aromatic nitrogens is 2. The van der Waals surface area contributed by atoms with Crippen LogP contribution in [-0.4, -0.2) is 34.5 Å². The quantitative estimate of drug-likeness (QED) is 0.187. The zero-order valence-corrected chi connectivity index (χ0v) is 20.1. The van der Waals surface area contributed by atoms with Crippen molar-refractivity contribution < 1.29 is 9.53 Å². The molecule has 172 valence electrons. The van der Waals surface area contributed by atoms with Crippen LogP contribution in [0.4, 0.5) is 0 Å². The van der Waals surface area contributed by atoms with Crippen molar-refractivity contribution in [3.05, 3.63) is 95.0 Å². The Labute approximate surface area is 207 Å². The predicted molar refractivity (Wildman–Crippen MR) is 140 cm³/mol. The Balaban J connectivity index is 1.39. The number of fused-ring (bicyclic) bond motifs is 1. The number of halogens is 1. The molecule has 1 N–H and O–H groups in total. The number of hydrogen-bond donors (Lipinski definition) is 1. The minimum atomic E-state index is -0.219. The lowest BCUT2D eigenvalue weighted by molar-refractivity contribution is -0.118. The summed E-state index contributed by atoms with van der Waals surface area (Å²) in [6, 6.07) is 23.3. The first kappa shape index (κ1) is 23.6. The van der Waals surface area contributed by atoms with Gasteiger partial charge in [-0.2, -0.15) is 5.10 Å². The van der Waals surface area contributed by atoms with Crippen LogP contribution in [-0.2, 0) is 11.3 Å².